The van der Waals surface area contributed by atoms with E-state index >= 15 is 0 Å². The van der Waals surface area contributed by atoms with Crippen molar-refractivity contribution in [2.45, 2.75) is 51.1 Å². The summed E-state index contributed by atoms with van der Waals surface area (Å²) in [7, 11) is 3.96. The molecule has 116 valence electrons. The van der Waals surface area contributed by atoms with E-state index in [2.05, 4.69) is 29.4 Å². The van der Waals surface area contributed by atoms with Crippen molar-refractivity contribution in [1.82, 2.24) is 15.5 Å². The highest BCUT2D eigenvalue weighted by molar-refractivity contribution is 5.74. The fourth-order valence-corrected chi connectivity index (χ4v) is 2.18. The molecule has 1 rings (SSSR count). The molecule has 6 heteroatoms. The maximum absolute atomic E-state index is 11.8. The molecule has 0 saturated heterocycles. The minimum Gasteiger partial charge on any atom is -0.481 e. The predicted octanol–water partition coefficient (Wildman–Crippen LogP) is 1.27. The second-order valence-electron chi connectivity index (χ2n) is 6.42. The molecule has 0 aromatic carbocycles. The first-order chi connectivity index (χ1) is 9.22. The molecular weight excluding hydrogens is 258 g/mol. The molecule has 1 saturated carbocycles. The zero-order valence-corrected chi connectivity index (χ0v) is 12.9. The van der Waals surface area contributed by atoms with Crippen LogP contribution in [0, 0.1) is 5.92 Å². The van der Waals surface area contributed by atoms with E-state index in [1.165, 1.54) is 0 Å². The summed E-state index contributed by atoms with van der Waals surface area (Å²) in [5, 5.41) is 14.7. The third-order valence-electron chi connectivity index (χ3n) is 4.30. The highest BCUT2D eigenvalue weighted by Crippen LogP contribution is 2.24. The number of carbonyl (C=O) groups is 2. The Kier molecular flexibility index (Phi) is 5.80. The fraction of sp³-hybridized carbons (Fsp3) is 0.857. The van der Waals surface area contributed by atoms with Crippen LogP contribution in [-0.2, 0) is 4.79 Å². The van der Waals surface area contributed by atoms with Gasteiger partial charge >= 0.3 is 12.0 Å². The van der Waals surface area contributed by atoms with Gasteiger partial charge in [0.1, 0.15) is 0 Å². The van der Waals surface area contributed by atoms with E-state index in [0.29, 0.717) is 19.4 Å². The zero-order chi connectivity index (χ0) is 15.3. The third-order valence-corrected chi connectivity index (χ3v) is 4.30. The molecule has 20 heavy (non-hydrogen) atoms. The van der Waals surface area contributed by atoms with E-state index < -0.39 is 5.97 Å². The van der Waals surface area contributed by atoms with Crippen LogP contribution in [0.25, 0.3) is 0 Å². The lowest BCUT2D eigenvalue weighted by atomic mass is 9.86. The summed E-state index contributed by atoms with van der Waals surface area (Å²) < 4.78 is 0. The molecule has 0 aliphatic heterocycles. The van der Waals surface area contributed by atoms with Gasteiger partial charge in [-0.2, -0.15) is 0 Å². The third kappa shape index (κ3) is 5.00. The Bertz CT molecular complexity index is 348. The number of hydrogen-bond donors (Lipinski definition) is 3. The first-order valence-electron chi connectivity index (χ1n) is 7.17. The highest BCUT2D eigenvalue weighted by atomic mass is 16.4. The molecule has 1 aliphatic carbocycles. The number of rotatable bonds is 5. The Hall–Kier alpha value is -1.30. The van der Waals surface area contributed by atoms with Gasteiger partial charge in [0, 0.05) is 18.1 Å². The fourth-order valence-electron chi connectivity index (χ4n) is 2.18. The van der Waals surface area contributed by atoms with Crippen LogP contribution >= 0.6 is 0 Å². The van der Waals surface area contributed by atoms with Crippen molar-refractivity contribution < 1.29 is 14.7 Å². The lowest BCUT2D eigenvalue weighted by molar-refractivity contribution is -0.142. The molecule has 0 aromatic heterocycles. The van der Waals surface area contributed by atoms with Gasteiger partial charge in [0.05, 0.1) is 5.92 Å². The summed E-state index contributed by atoms with van der Waals surface area (Å²) in [5.74, 6) is -0.968. The van der Waals surface area contributed by atoms with Crippen molar-refractivity contribution in [3.8, 4) is 0 Å². The van der Waals surface area contributed by atoms with Gasteiger partial charge in [-0.15, -0.1) is 0 Å². The summed E-state index contributed by atoms with van der Waals surface area (Å²) >= 11 is 0. The Morgan fingerprint density at radius 3 is 2.20 bits per heavy atom. The Balaban J connectivity index is 2.29. The Labute approximate surface area is 120 Å². The van der Waals surface area contributed by atoms with E-state index in [9.17, 15) is 9.59 Å². The monoisotopic (exact) mass is 285 g/mol. The number of nitrogens with one attached hydrogen (secondary N) is 2. The molecule has 0 heterocycles. The van der Waals surface area contributed by atoms with Crippen LogP contribution in [0.5, 0.6) is 0 Å². The van der Waals surface area contributed by atoms with Gasteiger partial charge in [0.2, 0.25) is 0 Å². The molecule has 3 N–H and O–H groups in total. The van der Waals surface area contributed by atoms with Gasteiger partial charge in [-0.05, 0) is 53.6 Å². The summed E-state index contributed by atoms with van der Waals surface area (Å²) in [6.45, 7) is 4.69. The maximum atomic E-state index is 11.8. The molecule has 1 fully saturated rings. The van der Waals surface area contributed by atoms with E-state index in [4.69, 9.17) is 5.11 Å². The van der Waals surface area contributed by atoms with Crippen molar-refractivity contribution in [3.63, 3.8) is 0 Å². The molecule has 0 unspecified atom stereocenters. The number of amides is 2. The van der Waals surface area contributed by atoms with Gasteiger partial charge < -0.3 is 20.6 Å². The van der Waals surface area contributed by atoms with Crippen molar-refractivity contribution in [2.24, 2.45) is 5.92 Å². The number of carboxylic acids is 1. The van der Waals surface area contributed by atoms with Gasteiger partial charge in [-0.1, -0.05) is 0 Å². The highest BCUT2D eigenvalue weighted by Gasteiger charge is 2.27. The van der Waals surface area contributed by atoms with E-state index in [-0.39, 0.29) is 23.5 Å². The molecule has 0 atom stereocenters. The minimum atomic E-state index is -0.722. The van der Waals surface area contributed by atoms with Crippen LogP contribution in [0.3, 0.4) is 0 Å². The SMILES string of the molecule is CN(C)C(C)(C)CNC(=O)NC1CCC(C(=O)O)CC1. The second-order valence-corrected chi connectivity index (χ2v) is 6.42. The molecule has 0 aromatic rings. The standard InChI is InChI=1S/C14H27N3O3/c1-14(2,17(3)4)9-15-13(20)16-11-7-5-10(6-8-11)12(18)19/h10-11H,5-9H2,1-4H3,(H,18,19)(H2,15,16,20). The van der Waals surface area contributed by atoms with Crippen LogP contribution in [0.1, 0.15) is 39.5 Å². The number of urea groups is 1. The lowest BCUT2D eigenvalue weighted by Gasteiger charge is -2.33. The van der Waals surface area contributed by atoms with Crippen molar-refractivity contribution in [1.29, 1.82) is 0 Å². The Morgan fingerprint density at radius 1 is 1.20 bits per heavy atom. The summed E-state index contributed by atoms with van der Waals surface area (Å²) in [6.07, 6.45) is 2.76. The summed E-state index contributed by atoms with van der Waals surface area (Å²) in [6, 6.07) is -0.0771. The first kappa shape index (κ1) is 16.8. The van der Waals surface area contributed by atoms with Crippen molar-refractivity contribution in [3.05, 3.63) is 0 Å². The first-order valence-corrected chi connectivity index (χ1v) is 7.17. The van der Waals surface area contributed by atoms with E-state index in [0.717, 1.165) is 12.8 Å². The molecule has 1 aliphatic rings. The topological polar surface area (TPSA) is 81.7 Å². The van der Waals surface area contributed by atoms with Gasteiger partial charge in [-0.25, -0.2) is 4.79 Å². The molecule has 0 bridgehead atoms. The molecule has 0 radical (unpaired) electrons. The van der Waals surface area contributed by atoms with Gasteiger partial charge in [0.15, 0.2) is 0 Å². The summed E-state index contributed by atoms with van der Waals surface area (Å²) in [4.78, 5) is 24.8. The van der Waals surface area contributed by atoms with Crippen molar-refractivity contribution in [2.75, 3.05) is 20.6 Å². The number of likely N-dealkylation sites (N-methyl/N-ethyl adjacent to an activating group) is 1. The van der Waals surface area contributed by atoms with Gasteiger partial charge in [-0.3, -0.25) is 4.79 Å². The van der Waals surface area contributed by atoms with Crippen LogP contribution in [0.15, 0.2) is 0 Å². The maximum Gasteiger partial charge on any atom is 0.315 e. The average molecular weight is 285 g/mol. The minimum absolute atomic E-state index is 0.0908. The number of hydrogen-bond acceptors (Lipinski definition) is 3. The van der Waals surface area contributed by atoms with Crippen LogP contribution in [0.2, 0.25) is 0 Å². The van der Waals surface area contributed by atoms with E-state index in [1.807, 2.05) is 14.1 Å². The van der Waals surface area contributed by atoms with E-state index in [1.54, 1.807) is 0 Å². The summed E-state index contributed by atoms with van der Waals surface area (Å²) in [5.41, 5.74) is -0.0989. The predicted molar refractivity (Wildman–Crippen MR) is 77.7 cm³/mol. The molecule has 2 amide bonds. The Morgan fingerprint density at radius 2 is 1.75 bits per heavy atom. The van der Waals surface area contributed by atoms with Crippen LogP contribution < -0.4 is 10.6 Å². The quantitative estimate of drug-likeness (QED) is 0.710. The second kappa shape index (κ2) is 6.92. The molecule has 6 nitrogen and oxygen atoms in total. The number of carbonyl (C=O) groups excluding carboxylic acids is 1. The average Bonchev–Trinajstić information content (AvgIpc) is 2.37. The lowest BCUT2D eigenvalue weighted by Crippen LogP contribution is -2.52. The number of nitrogens with zero attached hydrogens (tertiary/aromatic N) is 1. The van der Waals surface area contributed by atoms with Gasteiger partial charge in [0.25, 0.3) is 0 Å². The normalized spacial score (nSPS) is 23.4. The molecule has 0 spiro atoms. The zero-order valence-electron chi connectivity index (χ0n) is 12.9. The number of aliphatic carboxylic acids is 1. The largest absolute Gasteiger partial charge is 0.481 e. The smallest absolute Gasteiger partial charge is 0.315 e. The van der Waals surface area contributed by atoms with Crippen molar-refractivity contribution >= 4 is 12.0 Å². The van der Waals surface area contributed by atoms with Crippen LogP contribution in [0.4, 0.5) is 4.79 Å². The molecular formula is C14H27N3O3. The van der Waals surface area contributed by atoms with Crippen LogP contribution in [-0.4, -0.2) is 54.2 Å². The number of carboxylic acid groups (broad SMARTS) is 1.